The molecule has 1 amide bonds. The fourth-order valence-corrected chi connectivity index (χ4v) is 4.36. The lowest BCUT2D eigenvalue weighted by Crippen LogP contribution is -2.31. The molecule has 3 rings (SSSR count). The molecule has 0 saturated carbocycles. The first-order chi connectivity index (χ1) is 12.3. The molecule has 0 radical (unpaired) electrons. The van der Waals surface area contributed by atoms with Crippen LogP contribution >= 0.6 is 11.6 Å². The van der Waals surface area contributed by atoms with Crippen LogP contribution in [0.5, 0.6) is 0 Å². The Bertz CT molecular complexity index is 944. The van der Waals surface area contributed by atoms with Crippen molar-refractivity contribution in [2.75, 3.05) is 13.6 Å². The van der Waals surface area contributed by atoms with E-state index in [4.69, 9.17) is 11.6 Å². The second-order valence-corrected chi connectivity index (χ2v) is 8.66. The smallest absolute Gasteiger partial charge is 0.255 e. The molecular formula is C19H21ClN2O3S. The monoisotopic (exact) mass is 392 g/mol. The highest BCUT2D eigenvalue weighted by Crippen LogP contribution is 2.35. The first-order valence-corrected chi connectivity index (χ1v) is 10.3. The van der Waals surface area contributed by atoms with Gasteiger partial charge in [0.15, 0.2) is 0 Å². The molecule has 1 fully saturated rings. The summed E-state index contributed by atoms with van der Waals surface area (Å²) in [6.45, 7) is 2.65. The van der Waals surface area contributed by atoms with Crippen molar-refractivity contribution in [2.24, 2.45) is 0 Å². The Balaban J connectivity index is 1.99. The van der Waals surface area contributed by atoms with Gasteiger partial charge in [0.2, 0.25) is 10.0 Å². The highest BCUT2D eigenvalue weighted by Gasteiger charge is 2.32. The van der Waals surface area contributed by atoms with Crippen LogP contribution in [0.1, 0.15) is 40.4 Å². The van der Waals surface area contributed by atoms with Crippen LogP contribution in [-0.2, 0) is 10.0 Å². The van der Waals surface area contributed by atoms with Gasteiger partial charge in [-0.3, -0.25) is 4.79 Å². The lowest BCUT2D eigenvalue weighted by molar-refractivity contribution is 0.0735. The molecular weight excluding hydrogens is 372 g/mol. The second kappa shape index (κ2) is 7.39. The van der Waals surface area contributed by atoms with E-state index < -0.39 is 10.0 Å². The zero-order valence-electron chi connectivity index (χ0n) is 14.7. The summed E-state index contributed by atoms with van der Waals surface area (Å²) in [5.41, 5.74) is 2.46. The predicted molar refractivity (Wildman–Crippen MR) is 102 cm³/mol. The molecule has 1 aliphatic rings. The van der Waals surface area contributed by atoms with Crippen molar-refractivity contribution in [2.45, 2.75) is 30.7 Å². The minimum Gasteiger partial charge on any atom is -0.332 e. The third-order valence-corrected chi connectivity index (χ3v) is 6.55. The maximum absolute atomic E-state index is 13.2. The largest absolute Gasteiger partial charge is 0.332 e. The van der Waals surface area contributed by atoms with Gasteiger partial charge in [0.25, 0.3) is 5.91 Å². The van der Waals surface area contributed by atoms with E-state index in [0.29, 0.717) is 6.54 Å². The fourth-order valence-electron chi connectivity index (χ4n) is 3.40. The second-order valence-electron chi connectivity index (χ2n) is 6.36. The van der Waals surface area contributed by atoms with E-state index in [-0.39, 0.29) is 27.4 Å². The van der Waals surface area contributed by atoms with E-state index in [1.165, 1.54) is 25.2 Å². The van der Waals surface area contributed by atoms with Gasteiger partial charge >= 0.3 is 0 Å². The average Bonchev–Trinajstić information content (AvgIpc) is 3.11. The van der Waals surface area contributed by atoms with Gasteiger partial charge in [-0.25, -0.2) is 13.1 Å². The van der Waals surface area contributed by atoms with E-state index in [1.54, 1.807) is 4.90 Å². The molecule has 138 valence electrons. The minimum absolute atomic E-state index is 0.0238. The van der Waals surface area contributed by atoms with E-state index in [9.17, 15) is 13.2 Å². The van der Waals surface area contributed by atoms with E-state index >= 15 is 0 Å². The van der Waals surface area contributed by atoms with Crippen LogP contribution in [0.2, 0.25) is 5.02 Å². The Labute approximate surface area is 159 Å². The maximum atomic E-state index is 13.2. The van der Waals surface area contributed by atoms with Gasteiger partial charge in [0.1, 0.15) is 0 Å². The number of nitrogens with one attached hydrogen (secondary N) is 1. The van der Waals surface area contributed by atoms with Crippen molar-refractivity contribution in [1.29, 1.82) is 0 Å². The van der Waals surface area contributed by atoms with Crippen LogP contribution in [0.15, 0.2) is 47.4 Å². The van der Waals surface area contributed by atoms with Crippen LogP contribution in [0.3, 0.4) is 0 Å². The first kappa shape index (κ1) is 18.9. The van der Waals surface area contributed by atoms with E-state index in [2.05, 4.69) is 4.72 Å². The lowest BCUT2D eigenvalue weighted by Gasteiger charge is -2.27. The molecule has 0 spiro atoms. The van der Waals surface area contributed by atoms with Crippen molar-refractivity contribution in [1.82, 2.24) is 9.62 Å². The number of carbonyl (C=O) groups excluding carboxylic acids is 1. The average molecular weight is 393 g/mol. The molecule has 1 atom stereocenters. The maximum Gasteiger partial charge on any atom is 0.255 e. The highest BCUT2D eigenvalue weighted by molar-refractivity contribution is 7.89. The molecule has 1 unspecified atom stereocenters. The SMILES string of the molecule is CNS(=O)(=O)c1ccc(Cl)c(C(=O)N2CCCC2c2ccccc2C)c1. The molecule has 0 aliphatic carbocycles. The van der Waals surface area contributed by atoms with Crippen LogP contribution in [0, 0.1) is 6.92 Å². The number of amides is 1. The molecule has 0 aromatic heterocycles. The Hall–Kier alpha value is -1.89. The summed E-state index contributed by atoms with van der Waals surface area (Å²) in [4.78, 5) is 15.0. The third kappa shape index (κ3) is 3.49. The number of hydrogen-bond acceptors (Lipinski definition) is 3. The molecule has 1 saturated heterocycles. The molecule has 2 aromatic carbocycles. The molecule has 2 aromatic rings. The van der Waals surface area contributed by atoms with E-state index in [1.807, 2.05) is 31.2 Å². The van der Waals surface area contributed by atoms with Gasteiger partial charge in [0.05, 0.1) is 21.5 Å². The van der Waals surface area contributed by atoms with Crippen molar-refractivity contribution < 1.29 is 13.2 Å². The predicted octanol–water partition coefficient (Wildman–Crippen LogP) is 3.53. The zero-order valence-corrected chi connectivity index (χ0v) is 16.3. The molecule has 1 aliphatic heterocycles. The standard InChI is InChI=1S/C19H21ClN2O3S/c1-13-6-3-4-7-15(13)18-8-5-11-22(18)19(23)16-12-14(9-10-17(16)20)26(24,25)21-2/h3-4,6-7,9-10,12,18,21H,5,8,11H2,1-2H3. The van der Waals surface area contributed by atoms with Crippen molar-refractivity contribution in [3.63, 3.8) is 0 Å². The number of likely N-dealkylation sites (tertiary alicyclic amines) is 1. The lowest BCUT2D eigenvalue weighted by atomic mass is 9.99. The van der Waals surface area contributed by atoms with Gasteiger partial charge in [-0.1, -0.05) is 35.9 Å². The van der Waals surface area contributed by atoms with Crippen LogP contribution in [-0.4, -0.2) is 32.8 Å². The Morgan fingerprint density at radius 1 is 1.23 bits per heavy atom. The molecule has 7 heteroatoms. The van der Waals surface area contributed by atoms with Gasteiger partial charge in [-0.05, 0) is 56.1 Å². The summed E-state index contributed by atoms with van der Waals surface area (Å²) in [6.07, 6.45) is 1.78. The van der Waals surface area contributed by atoms with Gasteiger partial charge < -0.3 is 4.90 Å². The summed E-state index contributed by atoms with van der Waals surface area (Å²) in [6, 6.07) is 12.2. The number of rotatable bonds is 4. The number of sulfonamides is 1. The van der Waals surface area contributed by atoms with Crippen molar-refractivity contribution >= 4 is 27.5 Å². The molecule has 1 heterocycles. The summed E-state index contributed by atoms with van der Waals surface area (Å²) < 4.78 is 26.4. The quantitative estimate of drug-likeness (QED) is 0.865. The Morgan fingerprint density at radius 2 is 1.96 bits per heavy atom. The number of hydrogen-bond donors (Lipinski definition) is 1. The number of carbonyl (C=O) groups is 1. The zero-order chi connectivity index (χ0) is 18.9. The minimum atomic E-state index is -3.65. The topological polar surface area (TPSA) is 66.5 Å². The summed E-state index contributed by atoms with van der Waals surface area (Å²) in [5, 5.41) is 0.250. The van der Waals surface area contributed by atoms with Crippen LogP contribution in [0.25, 0.3) is 0 Å². The highest BCUT2D eigenvalue weighted by atomic mass is 35.5. The number of benzene rings is 2. The van der Waals surface area contributed by atoms with Gasteiger partial charge in [-0.15, -0.1) is 0 Å². The first-order valence-electron chi connectivity index (χ1n) is 8.45. The Kier molecular flexibility index (Phi) is 5.37. The molecule has 1 N–H and O–H groups in total. The number of aryl methyl sites for hydroxylation is 1. The third-order valence-electron chi connectivity index (χ3n) is 4.81. The molecule has 0 bridgehead atoms. The number of halogens is 1. The van der Waals surface area contributed by atoms with Crippen molar-refractivity contribution in [3.8, 4) is 0 Å². The van der Waals surface area contributed by atoms with Crippen molar-refractivity contribution in [3.05, 3.63) is 64.2 Å². The van der Waals surface area contributed by atoms with Gasteiger partial charge in [-0.2, -0.15) is 0 Å². The number of nitrogens with zero attached hydrogens (tertiary/aromatic N) is 1. The van der Waals surface area contributed by atoms with Gasteiger partial charge in [0, 0.05) is 6.54 Å². The fraction of sp³-hybridized carbons (Fsp3) is 0.316. The summed E-state index contributed by atoms with van der Waals surface area (Å²) in [7, 11) is -2.31. The Morgan fingerprint density at radius 3 is 2.65 bits per heavy atom. The van der Waals surface area contributed by atoms with E-state index in [0.717, 1.165) is 24.0 Å². The summed E-state index contributed by atoms with van der Waals surface area (Å²) in [5.74, 6) is -0.242. The summed E-state index contributed by atoms with van der Waals surface area (Å²) >= 11 is 6.23. The van der Waals surface area contributed by atoms with Crippen LogP contribution < -0.4 is 4.72 Å². The normalized spacial score (nSPS) is 17.5. The van der Waals surface area contributed by atoms with Crippen LogP contribution in [0.4, 0.5) is 0 Å². The molecule has 26 heavy (non-hydrogen) atoms. The molecule has 5 nitrogen and oxygen atoms in total.